The number of epoxide rings is 1. The zero-order valence-corrected chi connectivity index (χ0v) is 11.6. The van der Waals surface area contributed by atoms with Gasteiger partial charge in [0.1, 0.15) is 11.7 Å². The van der Waals surface area contributed by atoms with Gasteiger partial charge in [-0.15, -0.1) is 0 Å². The Labute approximate surface area is 123 Å². The van der Waals surface area contributed by atoms with E-state index in [0.717, 1.165) is 6.54 Å². The van der Waals surface area contributed by atoms with E-state index in [1.165, 1.54) is 11.1 Å². The molecular weight excluding hydrogens is 260 g/mol. The Balaban J connectivity index is 1.72. The lowest BCUT2D eigenvalue weighted by molar-refractivity contribution is 0.270. The van der Waals surface area contributed by atoms with Crippen molar-refractivity contribution in [1.82, 2.24) is 9.55 Å². The Morgan fingerprint density at radius 3 is 2.38 bits per heavy atom. The minimum absolute atomic E-state index is 0.100. The fourth-order valence-corrected chi connectivity index (χ4v) is 2.94. The Morgan fingerprint density at radius 1 is 1.00 bits per heavy atom. The fraction of sp³-hybridized carbons (Fsp3) is 0.167. The zero-order valence-electron chi connectivity index (χ0n) is 11.6. The molecule has 21 heavy (non-hydrogen) atoms. The quantitative estimate of drug-likeness (QED) is 0.682. The molecule has 0 aliphatic carbocycles. The molecule has 2 atom stereocenters. The largest absolute Gasteiger partial charge is 0.354 e. The van der Waals surface area contributed by atoms with E-state index in [9.17, 15) is 0 Å². The maximum atomic E-state index is 6.20. The van der Waals surface area contributed by atoms with E-state index < -0.39 is 0 Å². The van der Waals surface area contributed by atoms with Crippen LogP contribution in [0.15, 0.2) is 79.4 Å². The van der Waals surface area contributed by atoms with E-state index >= 15 is 0 Å². The molecule has 3 nitrogen and oxygen atoms in total. The first-order chi connectivity index (χ1) is 10.4. The molecule has 1 fully saturated rings. The molecule has 1 aromatic heterocycles. The average Bonchev–Trinajstić information content (AvgIpc) is 3.05. The van der Waals surface area contributed by atoms with Crippen LogP contribution in [0, 0.1) is 0 Å². The van der Waals surface area contributed by atoms with Crippen molar-refractivity contribution in [3.63, 3.8) is 0 Å². The molecule has 3 heteroatoms. The molecule has 3 aromatic rings. The molecule has 0 saturated carbocycles. The van der Waals surface area contributed by atoms with Crippen LogP contribution in [0.4, 0.5) is 0 Å². The van der Waals surface area contributed by atoms with Crippen LogP contribution in [-0.2, 0) is 16.9 Å². The van der Waals surface area contributed by atoms with Crippen molar-refractivity contribution in [3.8, 4) is 0 Å². The van der Waals surface area contributed by atoms with Gasteiger partial charge in [0.2, 0.25) is 0 Å². The maximum Gasteiger partial charge on any atom is 0.142 e. The molecule has 4 rings (SSSR count). The number of aromatic nitrogens is 2. The standard InChI is InChI=1S/C18H16N2O/c1-3-7-15(8-4-1)17-18(21-17,13-20-12-11-19-14-20)16-9-5-2-6-10-16/h1-12,14,17H,13H2. The summed E-state index contributed by atoms with van der Waals surface area (Å²) in [5, 5.41) is 0. The van der Waals surface area contributed by atoms with Crippen molar-refractivity contribution in [2.24, 2.45) is 0 Å². The van der Waals surface area contributed by atoms with E-state index in [1.807, 2.05) is 24.7 Å². The zero-order chi connectivity index (χ0) is 14.1. The van der Waals surface area contributed by atoms with E-state index in [1.54, 1.807) is 6.20 Å². The van der Waals surface area contributed by atoms with Crippen molar-refractivity contribution in [2.75, 3.05) is 0 Å². The summed E-state index contributed by atoms with van der Waals surface area (Å²) in [7, 11) is 0. The number of nitrogens with zero attached hydrogens (tertiary/aromatic N) is 2. The average molecular weight is 276 g/mol. The van der Waals surface area contributed by atoms with Gasteiger partial charge in [0.25, 0.3) is 0 Å². The normalized spacial score (nSPS) is 23.9. The van der Waals surface area contributed by atoms with Gasteiger partial charge in [-0.05, 0) is 11.1 Å². The van der Waals surface area contributed by atoms with Crippen LogP contribution < -0.4 is 0 Å². The van der Waals surface area contributed by atoms with Crippen LogP contribution >= 0.6 is 0 Å². The van der Waals surface area contributed by atoms with Crippen molar-refractivity contribution in [1.29, 1.82) is 0 Å². The maximum absolute atomic E-state index is 6.20. The van der Waals surface area contributed by atoms with Gasteiger partial charge in [-0.25, -0.2) is 4.98 Å². The van der Waals surface area contributed by atoms with E-state index in [2.05, 4.69) is 58.1 Å². The molecule has 1 aliphatic heterocycles. The predicted octanol–water partition coefficient (Wildman–Crippen LogP) is 3.55. The first-order valence-electron chi connectivity index (χ1n) is 7.12. The van der Waals surface area contributed by atoms with E-state index in [0.29, 0.717) is 0 Å². The number of ether oxygens (including phenoxy) is 1. The van der Waals surface area contributed by atoms with Gasteiger partial charge in [0, 0.05) is 12.4 Å². The van der Waals surface area contributed by atoms with E-state index in [4.69, 9.17) is 4.74 Å². The topological polar surface area (TPSA) is 30.4 Å². The Hall–Kier alpha value is -2.39. The van der Waals surface area contributed by atoms with Gasteiger partial charge in [-0.3, -0.25) is 0 Å². The second kappa shape index (κ2) is 4.86. The third kappa shape index (κ3) is 2.16. The number of hydrogen-bond acceptors (Lipinski definition) is 2. The second-order valence-electron chi connectivity index (χ2n) is 5.40. The summed E-state index contributed by atoms with van der Waals surface area (Å²) in [4.78, 5) is 4.13. The predicted molar refractivity (Wildman–Crippen MR) is 80.6 cm³/mol. The highest BCUT2D eigenvalue weighted by Crippen LogP contribution is 2.57. The number of rotatable bonds is 4. The highest BCUT2D eigenvalue weighted by Gasteiger charge is 2.58. The molecule has 104 valence electrons. The number of imidazole rings is 1. The van der Waals surface area contributed by atoms with Gasteiger partial charge in [-0.1, -0.05) is 60.7 Å². The lowest BCUT2D eigenvalue weighted by Gasteiger charge is -2.14. The van der Waals surface area contributed by atoms with Crippen LogP contribution in [0.1, 0.15) is 17.2 Å². The molecule has 2 unspecified atom stereocenters. The minimum Gasteiger partial charge on any atom is -0.354 e. The first-order valence-corrected chi connectivity index (χ1v) is 7.12. The molecule has 0 N–H and O–H groups in total. The summed E-state index contributed by atoms with van der Waals surface area (Å²) in [5.74, 6) is 0. The van der Waals surface area contributed by atoms with Crippen molar-refractivity contribution in [3.05, 3.63) is 90.5 Å². The van der Waals surface area contributed by atoms with Gasteiger partial charge in [0.05, 0.1) is 12.9 Å². The Morgan fingerprint density at radius 2 is 1.71 bits per heavy atom. The third-order valence-corrected chi connectivity index (χ3v) is 4.04. The molecule has 2 aromatic carbocycles. The summed E-state index contributed by atoms with van der Waals surface area (Å²) in [5.41, 5.74) is 2.15. The molecule has 0 amide bonds. The van der Waals surface area contributed by atoms with Crippen LogP contribution in [0.25, 0.3) is 0 Å². The van der Waals surface area contributed by atoms with Gasteiger partial charge in [0.15, 0.2) is 0 Å². The van der Waals surface area contributed by atoms with Crippen molar-refractivity contribution >= 4 is 0 Å². The van der Waals surface area contributed by atoms with Crippen LogP contribution in [0.5, 0.6) is 0 Å². The van der Waals surface area contributed by atoms with Crippen LogP contribution in [0.2, 0.25) is 0 Å². The molecule has 1 aliphatic rings. The van der Waals surface area contributed by atoms with Gasteiger partial charge >= 0.3 is 0 Å². The van der Waals surface area contributed by atoms with Gasteiger partial charge in [-0.2, -0.15) is 0 Å². The number of benzene rings is 2. The molecule has 0 radical (unpaired) electrons. The summed E-state index contributed by atoms with van der Waals surface area (Å²) < 4.78 is 8.28. The Kier molecular flexibility index (Phi) is 2.86. The summed E-state index contributed by atoms with van der Waals surface area (Å²) in [6, 6.07) is 20.9. The molecule has 0 bridgehead atoms. The highest BCUT2D eigenvalue weighted by molar-refractivity contribution is 5.35. The van der Waals surface area contributed by atoms with Gasteiger partial charge < -0.3 is 9.30 Å². The smallest absolute Gasteiger partial charge is 0.142 e. The minimum atomic E-state index is -0.288. The molecule has 0 spiro atoms. The van der Waals surface area contributed by atoms with Crippen LogP contribution in [-0.4, -0.2) is 9.55 Å². The summed E-state index contributed by atoms with van der Waals surface area (Å²) in [6.07, 6.45) is 5.73. The monoisotopic (exact) mass is 276 g/mol. The summed E-state index contributed by atoms with van der Waals surface area (Å²) in [6.45, 7) is 0.774. The van der Waals surface area contributed by atoms with E-state index in [-0.39, 0.29) is 11.7 Å². The lowest BCUT2D eigenvalue weighted by Crippen LogP contribution is -2.18. The first kappa shape index (κ1) is 12.4. The molecular formula is C18H16N2O. The summed E-state index contributed by atoms with van der Waals surface area (Å²) >= 11 is 0. The fourth-order valence-electron chi connectivity index (χ4n) is 2.94. The second-order valence-corrected chi connectivity index (χ2v) is 5.40. The lowest BCUT2D eigenvalue weighted by atomic mass is 9.91. The highest BCUT2D eigenvalue weighted by atomic mass is 16.6. The number of hydrogen-bond donors (Lipinski definition) is 0. The molecule has 2 heterocycles. The molecule has 1 saturated heterocycles. The Bertz CT molecular complexity index is 709. The van der Waals surface area contributed by atoms with Crippen molar-refractivity contribution in [2.45, 2.75) is 18.2 Å². The van der Waals surface area contributed by atoms with Crippen molar-refractivity contribution < 1.29 is 4.74 Å². The third-order valence-electron chi connectivity index (χ3n) is 4.04. The SMILES string of the molecule is c1ccc(C2OC2(Cn2ccnc2)c2ccccc2)cc1. The van der Waals surface area contributed by atoms with Crippen LogP contribution in [0.3, 0.4) is 0 Å².